The van der Waals surface area contributed by atoms with Crippen molar-refractivity contribution >= 4 is 29.0 Å². The number of nitrogens with one attached hydrogen (secondary N) is 1. The highest BCUT2D eigenvalue weighted by Gasteiger charge is 2.09. The van der Waals surface area contributed by atoms with Crippen LogP contribution in [0.5, 0.6) is 0 Å². The fourth-order valence-electron chi connectivity index (χ4n) is 2.70. The molecule has 3 rings (SSSR count). The summed E-state index contributed by atoms with van der Waals surface area (Å²) in [6, 6.07) is 15.8. The smallest absolute Gasteiger partial charge is 0.251 e. The first-order valence-electron chi connectivity index (χ1n) is 9.61. The Hall–Kier alpha value is -2.15. The molecule has 1 aromatic heterocycles. The zero-order valence-corrected chi connectivity index (χ0v) is 18.6. The Morgan fingerprint density at radius 1 is 1.14 bits per heavy atom. The molecule has 0 saturated carbocycles. The van der Waals surface area contributed by atoms with E-state index in [9.17, 15) is 4.79 Å². The minimum Gasteiger partial charge on any atom is -0.374 e. The molecular weight excluding hydrogens is 400 g/mol. The predicted octanol–water partition coefficient (Wildman–Crippen LogP) is 5.60. The van der Waals surface area contributed by atoms with E-state index in [0.717, 1.165) is 26.9 Å². The van der Waals surface area contributed by atoms with E-state index in [1.165, 1.54) is 5.56 Å². The van der Waals surface area contributed by atoms with Gasteiger partial charge in [-0.15, -0.1) is 11.3 Å². The van der Waals surface area contributed by atoms with E-state index in [0.29, 0.717) is 18.7 Å². The van der Waals surface area contributed by atoms with Crippen molar-refractivity contribution in [3.63, 3.8) is 0 Å². The molecular formula is C23H26N2O2S2. The topological polar surface area (TPSA) is 51.2 Å². The van der Waals surface area contributed by atoms with E-state index in [1.54, 1.807) is 23.1 Å². The highest BCUT2D eigenvalue weighted by molar-refractivity contribution is 8.00. The number of benzene rings is 2. The van der Waals surface area contributed by atoms with Gasteiger partial charge in [0.05, 0.1) is 12.7 Å². The number of hydrogen-bond donors (Lipinski definition) is 1. The molecule has 6 heteroatoms. The Morgan fingerprint density at radius 3 is 2.52 bits per heavy atom. The van der Waals surface area contributed by atoms with Gasteiger partial charge in [0.1, 0.15) is 4.34 Å². The summed E-state index contributed by atoms with van der Waals surface area (Å²) >= 11 is 3.39. The van der Waals surface area contributed by atoms with Gasteiger partial charge in [-0.2, -0.15) is 0 Å². The molecule has 29 heavy (non-hydrogen) atoms. The number of ether oxygens (including phenoxy) is 1. The zero-order chi connectivity index (χ0) is 20.6. The standard InChI is InChI=1S/C23H26N2O2S2/c1-16(2)27-13-21-7-5-4-6-20(21)12-24-22(26)19-10-8-18(9-11-19)15-29-23-25-17(3)14-28-23/h4-11,14,16H,12-13,15H2,1-3H3,(H,24,26). The Labute approximate surface area is 180 Å². The van der Waals surface area contributed by atoms with E-state index >= 15 is 0 Å². The van der Waals surface area contributed by atoms with Gasteiger partial charge < -0.3 is 10.1 Å². The summed E-state index contributed by atoms with van der Waals surface area (Å²) in [5, 5.41) is 5.07. The number of nitrogens with zero attached hydrogens (tertiary/aromatic N) is 1. The third-order valence-corrected chi connectivity index (χ3v) is 6.52. The fraction of sp³-hybridized carbons (Fsp3) is 0.304. The molecule has 1 heterocycles. The molecule has 0 radical (unpaired) electrons. The number of carbonyl (C=O) groups is 1. The van der Waals surface area contributed by atoms with Crippen molar-refractivity contribution in [3.05, 3.63) is 81.9 Å². The fourth-order valence-corrected chi connectivity index (χ4v) is 4.51. The monoisotopic (exact) mass is 426 g/mol. The number of aryl methyl sites for hydroxylation is 1. The van der Waals surface area contributed by atoms with Gasteiger partial charge in [-0.3, -0.25) is 4.79 Å². The first-order chi connectivity index (χ1) is 14.0. The quantitative estimate of drug-likeness (QED) is 0.453. The number of aromatic nitrogens is 1. The molecule has 4 nitrogen and oxygen atoms in total. The molecule has 1 N–H and O–H groups in total. The molecule has 0 bridgehead atoms. The zero-order valence-electron chi connectivity index (χ0n) is 17.0. The van der Waals surface area contributed by atoms with Crippen LogP contribution in [-0.4, -0.2) is 17.0 Å². The number of thioether (sulfide) groups is 1. The minimum absolute atomic E-state index is 0.0701. The van der Waals surface area contributed by atoms with Gasteiger partial charge in [0, 0.05) is 28.9 Å². The average Bonchev–Trinajstić information content (AvgIpc) is 3.15. The number of thiazole rings is 1. The van der Waals surface area contributed by atoms with Crippen LogP contribution < -0.4 is 5.32 Å². The molecule has 0 atom stereocenters. The summed E-state index contributed by atoms with van der Waals surface area (Å²) in [6.07, 6.45) is 0.175. The highest BCUT2D eigenvalue weighted by Crippen LogP contribution is 2.26. The molecule has 0 saturated heterocycles. The van der Waals surface area contributed by atoms with Crippen molar-refractivity contribution in [1.29, 1.82) is 0 Å². The molecule has 0 aliphatic carbocycles. The second-order valence-electron chi connectivity index (χ2n) is 7.05. The van der Waals surface area contributed by atoms with Crippen molar-refractivity contribution in [2.24, 2.45) is 0 Å². The molecule has 1 amide bonds. The maximum Gasteiger partial charge on any atom is 0.251 e. The van der Waals surface area contributed by atoms with Gasteiger partial charge in [0.15, 0.2) is 0 Å². The van der Waals surface area contributed by atoms with Crippen LogP contribution in [0.25, 0.3) is 0 Å². The van der Waals surface area contributed by atoms with Crippen molar-refractivity contribution in [3.8, 4) is 0 Å². The van der Waals surface area contributed by atoms with Gasteiger partial charge in [-0.25, -0.2) is 4.98 Å². The molecule has 0 aliphatic heterocycles. The van der Waals surface area contributed by atoms with Crippen molar-refractivity contribution in [1.82, 2.24) is 10.3 Å². The minimum atomic E-state index is -0.0701. The lowest BCUT2D eigenvalue weighted by atomic mass is 10.1. The molecule has 0 spiro atoms. The lowest BCUT2D eigenvalue weighted by molar-refractivity contribution is 0.0651. The summed E-state index contributed by atoms with van der Waals surface area (Å²) in [6.45, 7) is 7.07. The molecule has 0 aliphatic rings. The van der Waals surface area contributed by atoms with E-state index in [1.807, 2.05) is 69.3 Å². The maximum absolute atomic E-state index is 12.5. The first-order valence-corrected chi connectivity index (χ1v) is 11.5. The highest BCUT2D eigenvalue weighted by atomic mass is 32.2. The van der Waals surface area contributed by atoms with E-state index < -0.39 is 0 Å². The lowest BCUT2D eigenvalue weighted by Crippen LogP contribution is -2.23. The van der Waals surface area contributed by atoms with Crippen LogP contribution in [0.4, 0.5) is 0 Å². The molecule has 2 aromatic carbocycles. The van der Waals surface area contributed by atoms with E-state index in [4.69, 9.17) is 4.74 Å². The number of carbonyl (C=O) groups excluding carboxylic acids is 1. The molecule has 152 valence electrons. The Kier molecular flexibility index (Phi) is 7.86. The van der Waals surface area contributed by atoms with Crippen LogP contribution in [0.3, 0.4) is 0 Å². The van der Waals surface area contributed by atoms with Gasteiger partial charge >= 0.3 is 0 Å². The van der Waals surface area contributed by atoms with Crippen molar-refractivity contribution in [2.45, 2.75) is 50.1 Å². The number of amides is 1. The van der Waals surface area contributed by atoms with Crippen LogP contribution in [0.15, 0.2) is 58.3 Å². The number of hydrogen-bond acceptors (Lipinski definition) is 5. The molecule has 3 aromatic rings. The van der Waals surface area contributed by atoms with Gasteiger partial charge in [-0.1, -0.05) is 48.2 Å². The second-order valence-corrected chi connectivity index (χ2v) is 9.13. The Balaban J connectivity index is 1.53. The van der Waals surface area contributed by atoms with Crippen molar-refractivity contribution < 1.29 is 9.53 Å². The van der Waals surface area contributed by atoms with Crippen LogP contribution in [0.2, 0.25) is 0 Å². The second kappa shape index (κ2) is 10.6. The van der Waals surface area contributed by atoms with Crippen LogP contribution in [0, 0.1) is 6.92 Å². The normalized spacial score (nSPS) is 11.0. The summed E-state index contributed by atoms with van der Waals surface area (Å²) < 4.78 is 6.78. The largest absolute Gasteiger partial charge is 0.374 e. The van der Waals surface area contributed by atoms with Gasteiger partial charge in [0.2, 0.25) is 0 Å². The number of rotatable bonds is 9. The Bertz CT molecular complexity index is 936. The molecule has 0 fully saturated rings. The van der Waals surface area contributed by atoms with Crippen molar-refractivity contribution in [2.75, 3.05) is 0 Å². The predicted molar refractivity (Wildman–Crippen MR) is 120 cm³/mol. The van der Waals surface area contributed by atoms with Gasteiger partial charge in [0.25, 0.3) is 5.91 Å². The molecule has 0 unspecified atom stereocenters. The summed E-state index contributed by atoms with van der Waals surface area (Å²) in [5.74, 6) is 0.775. The first kappa shape index (κ1) is 21.6. The third kappa shape index (κ3) is 6.70. The van der Waals surface area contributed by atoms with Crippen LogP contribution in [-0.2, 0) is 23.6 Å². The summed E-state index contributed by atoms with van der Waals surface area (Å²) in [7, 11) is 0. The lowest BCUT2D eigenvalue weighted by Gasteiger charge is -2.13. The SMILES string of the molecule is Cc1csc(SCc2ccc(C(=O)NCc3ccccc3COC(C)C)cc2)n1. The average molecular weight is 427 g/mol. The van der Waals surface area contributed by atoms with Gasteiger partial charge in [-0.05, 0) is 49.6 Å². The van der Waals surface area contributed by atoms with Crippen LogP contribution in [0.1, 0.15) is 46.6 Å². The third-order valence-electron chi connectivity index (χ3n) is 4.31. The van der Waals surface area contributed by atoms with Crippen LogP contribution >= 0.6 is 23.1 Å². The maximum atomic E-state index is 12.5. The Morgan fingerprint density at radius 2 is 1.86 bits per heavy atom. The van der Waals surface area contributed by atoms with E-state index in [-0.39, 0.29) is 12.0 Å². The van der Waals surface area contributed by atoms with E-state index in [2.05, 4.69) is 15.7 Å². The summed E-state index contributed by atoms with van der Waals surface area (Å²) in [4.78, 5) is 17.0. The summed E-state index contributed by atoms with van der Waals surface area (Å²) in [5.41, 5.74) is 5.08.